The second kappa shape index (κ2) is 6.60. The minimum absolute atomic E-state index is 0.0502. The van der Waals surface area contributed by atoms with Crippen LogP contribution in [0.3, 0.4) is 0 Å². The van der Waals surface area contributed by atoms with Crippen LogP contribution in [-0.4, -0.2) is 53.4 Å². The van der Waals surface area contributed by atoms with E-state index >= 15 is 0 Å². The molecule has 0 bridgehead atoms. The van der Waals surface area contributed by atoms with E-state index in [-0.39, 0.29) is 24.4 Å². The van der Waals surface area contributed by atoms with Gasteiger partial charge in [0.1, 0.15) is 12.3 Å². The van der Waals surface area contributed by atoms with Gasteiger partial charge >= 0.3 is 0 Å². The molecule has 3 rings (SSSR count). The summed E-state index contributed by atoms with van der Waals surface area (Å²) in [5.41, 5.74) is 1.13. The van der Waals surface area contributed by atoms with Gasteiger partial charge in [0.05, 0.1) is 24.8 Å². The maximum Gasteiger partial charge on any atom is 0.242 e. The highest BCUT2D eigenvalue weighted by atomic mass is 32.2. The fourth-order valence-corrected chi connectivity index (χ4v) is 3.94. The van der Waals surface area contributed by atoms with Gasteiger partial charge in [-0.2, -0.15) is 0 Å². The zero-order chi connectivity index (χ0) is 15.5. The largest absolute Gasteiger partial charge is 0.497 e. The van der Waals surface area contributed by atoms with Crippen molar-refractivity contribution in [1.29, 1.82) is 0 Å². The lowest BCUT2D eigenvalue weighted by Crippen LogP contribution is -2.40. The number of ether oxygens (including phenoxy) is 1. The third kappa shape index (κ3) is 3.06. The van der Waals surface area contributed by atoms with Crippen LogP contribution >= 0.6 is 11.8 Å². The van der Waals surface area contributed by atoms with Crippen molar-refractivity contribution in [2.24, 2.45) is 0 Å². The number of rotatable bonds is 4. The van der Waals surface area contributed by atoms with Crippen LogP contribution in [0, 0.1) is 0 Å². The zero-order valence-electron chi connectivity index (χ0n) is 12.7. The number of likely N-dealkylation sites (tertiary alicyclic amines) is 1. The van der Waals surface area contributed by atoms with Crippen molar-refractivity contribution < 1.29 is 14.3 Å². The Morgan fingerprint density at radius 3 is 2.77 bits per heavy atom. The molecule has 0 aliphatic carbocycles. The molecule has 1 aromatic carbocycles. The van der Waals surface area contributed by atoms with Crippen molar-refractivity contribution in [3.63, 3.8) is 0 Å². The first-order valence-corrected chi connectivity index (χ1v) is 8.63. The van der Waals surface area contributed by atoms with E-state index in [4.69, 9.17) is 4.74 Å². The fraction of sp³-hybridized carbons (Fsp3) is 0.500. The molecule has 2 saturated heterocycles. The molecule has 0 N–H and O–H groups in total. The minimum atomic E-state index is 0.0502. The summed E-state index contributed by atoms with van der Waals surface area (Å²) in [5, 5.41) is 0. The molecule has 0 spiro atoms. The van der Waals surface area contributed by atoms with E-state index in [2.05, 4.69) is 0 Å². The van der Waals surface area contributed by atoms with Crippen molar-refractivity contribution in [3.05, 3.63) is 29.8 Å². The number of methoxy groups -OCH3 is 1. The van der Waals surface area contributed by atoms with Crippen molar-refractivity contribution in [2.45, 2.75) is 18.9 Å². The summed E-state index contributed by atoms with van der Waals surface area (Å²) in [7, 11) is 1.64. The van der Waals surface area contributed by atoms with Crippen molar-refractivity contribution in [1.82, 2.24) is 9.80 Å². The standard InChI is InChI=1S/C16H20N2O3S/c1-21-13-6-4-12(5-7-13)14-3-2-8-18(14)15(19)9-17-11-22-10-16(17)20/h4-7,14H,2-3,8-11H2,1H3/t14-/m0/s1. The lowest BCUT2D eigenvalue weighted by atomic mass is 10.0. The Labute approximate surface area is 134 Å². The van der Waals surface area contributed by atoms with Crippen molar-refractivity contribution in [2.75, 3.05) is 31.8 Å². The van der Waals surface area contributed by atoms with E-state index < -0.39 is 0 Å². The van der Waals surface area contributed by atoms with Crippen LogP contribution in [0.2, 0.25) is 0 Å². The molecule has 0 saturated carbocycles. The molecule has 118 valence electrons. The number of benzene rings is 1. The van der Waals surface area contributed by atoms with Gasteiger partial charge in [-0.15, -0.1) is 11.8 Å². The van der Waals surface area contributed by atoms with Gasteiger partial charge in [-0.3, -0.25) is 9.59 Å². The van der Waals surface area contributed by atoms with E-state index in [1.54, 1.807) is 23.8 Å². The Balaban J connectivity index is 1.69. The summed E-state index contributed by atoms with van der Waals surface area (Å²) < 4.78 is 5.18. The van der Waals surface area contributed by atoms with Crippen molar-refractivity contribution >= 4 is 23.6 Å². The molecule has 6 heteroatoms. The van der Waals surface area contributed by atoms with E-state index in [0.29, 0.717) is 11.6 Å². The van der Waals surface area contributed by atoms with E-state index in [1.807, 2.05) is 29.2 Å². The average Bonchev–Trinajstić information content (AvgIpc) is 3.17. The second-order valence-electron chi connectivity index (χ2n) is 5.59. The van der Waals surface area contributed by atoms with Crippen LogP contribution in [-0.2, 0) is 9.59 Å². The predicted octanol–water partition coefficient (Wildman–Crippen LogP) is 1.89. The molecule has 0 unspecified atom stereocenters. The first kappa shape index (κ1) is 15.2. The number of carbonyl (C=O) groups excluding carboxylic acids is 2. The number of nitrogens with zero attached hydrogens (tertiary/aromatic N) is 2. The summed E-state index contributed by atoms with van der Waals surface area (Å²) in [6.07, 6.45) is 1.98. The minimum Gasteiger partial charge on any atom is -0.497 e. The Bertz CT molecular complexity index is 561. The Hall–Kier alpha value is -1.69. The highest BCUT2D eigenvalue weighted by Crippen LogP contribution is 2.33. The predicted molar refractivity (Wildman–Crippen MR) is 85.7 cm³/mol. The summed E-state index contributed by atoms with van der Waals surface area (Å²) in [6, 6.07) is 8.01. The first-order chi connectivity index (χ1) is 10.7. The average molecular weight is 320 g/mol. The molecule has 22 heavy (non-hydrogen) atoms. The SMILES string of the molecule is COc1ccc([C@@H]2CCCN2C(=O)CN2CSCC2=O)cc1. The fourth-order valence-electron chi connectivity index (χ4n) is 3.03. The van der Waals surface area contributed by atoms with Crippen LogP contribution < -0.4 is 4.74 Å². The molecule has 1 atom stereocenters. The summed E-state index contributed by atoms with van der Waals surface area (Å²) in [4.78, 5) is 27.8. The number of amides is 2. The lowest BCUT2D eigenvalue weighted by molar-refractivity contribution is -0.138. The molecule has 2 aliphatic heterocycles. The number of thioether (sulfide) groups is 1. The molecule has 2 fully saturated rings. The summed E-state index contributed by atoms with van der Waals surface area (Å²) >= 11 is 1.57. The smallest absolute Gasteiger partial charge is 0.242 e. The molecule has 2 heterocycles. The summed E-state index contributed by atoms with van der Waals surface area (Å²) in [5.74, 6) is 2.06. The third-order valence-corrected chi connectivity index (χ3v) is 5.17. The number of hydrogen-bond acceptors (Lipinski definition) is 4. The van der Waals surface area contributed by atoms with Gasteiger partial charge in [0, 0.05) is 6.54 Å². The van der Waals surface area contributed by atoms with Crippen molar-refractivity contribution in [3.8, 4) is 5.75 Å². The molecule has 2 amide bonds. The molecule has 2 aliphatic rings. The van der Waals surface area contributed by atoms with Gasteiger partial charge in [-0.05, 0) is 30.5 Å². The van der Waals surface area contributed by atoms with E-state index in [1.165, 1.54) is 0 Å². The molecular weight excluding hydrogens is 300 g/mol. The highest BCUT2D eigenvalue weighted by molar-refractivity contribution is 8.00. The molecule has 0 aromatic heterocycles. The number of hydrogen-bond donors (Lipinski definition) is 0. The molecule has 5 nitrogen and oxygen atoms in total. The molecular formula is C16H20N2O3S. The topological polar surface area (TPSA) is 49.9 Å². The van der Waals surface area contributed by atoms with Gasteiger partial charge in [-0.25, -0.2) is 0 Å². The maximum atomic E-state index is 12.6. The second-order valence-corrected chi connectivity index (χ2v) is 6.54. The normalized spacial score (nSPS) is 21.5. The Kier molecular flexibility index (Phi) is 4.57. The monoisotopic (exact) mass is 320 g/mol. The Morgan fingerprint density at radius 2 is 2.14 bits per heavy atom. The highest BCUT2D eigenvalue weighted by Gasteiger charge is 2.32. The van der Waals surface area contributed by atoms with Crippen LogP contribution in [0.4, 0.5) is 0 Å². The van der Waals surface area contributed by atoms with Gasteiger partial charge in [0.25, 0.3) is 0 Å². The lowest BCUT2D eigenvalue weighted by Gasteiger charge is -2.27. The van der Waals surface area contributed by atoms with Crippen LogP contribution in [0.1, 0.15) is 24.4 Å². The van der Waals surface area contributed by atoms with Gasteiger partial charge < -0.3 is 14.5 Å². The maximum absolute atomic E-state index is 12.6. The zero-order valence-corrected chi connectivity index (χ0v) is 13.5. The molecule has 1 aromatic rings. The molecule has 0 radical (unpaired) electrons. The first-order valence-electron chi connectivity index (χ1n) is 7.48. The van der Waals surface area contributed by atoms with E-state index in [0.717, 1.165) is 30.7 Å². The summed E-state index contributed by atoms with van der Waals surface area (Å²) in [6.45, 7) is 0.975. The van der Waals surface area contributed by atoms with Gasteiger partial charge in [0.2, 0.25) is 11.8 Å². The quantitative estimate of drug-likeness (QED) is 0.850. The third-order valence-electron chi connectivity index (χ3n) is 4.23. The van der Waals surface area contributed by atoms with Gasteiger partial charge in [0.15, 0.2) is 0 Å². The van der Waals surface area contributed by atoms with Crippen LogP contribution in [0.5, 0.6) is 5.75 Å². The van der Waals surface area contributed by atoms with Crippen LogP contribution in [0.25, 0.3) is 0 Å². The van der Waals surface area contributed by atoms with Gasteiger partial charge in [-0.1, -0.05) is 12.1 Å². The van der Waals surface area contributed by atoms with E-state index in [9.17, 15) is 9.59 Å². The van der Waals surface area contributed by atoms with Crippen LogP contribution in [0.15, 0.2) is 24.3 Å². The Morgan fingerprint density at radius 1 is 1.36 bits per heavy atom. The number of carbonyl (C=O) groups is 2.